The summed E-state index contributed by atoms with van der Waals surface area (Å²) in [6.07, 6.45) is 0.843. The van der Waals surface area contributed by atoms with Gasteiger partial charge in [-0.25, -0.2) is 9.78 Å². The normalized spacial score (nSPS) is 16.5. The van der Waals surface area contributed by atoms with Gasteiger partial charge >= 0.3 is 11.9 Å². The molecule has 4 rings (SSSR count). The molecule has 1 unspecified atom stereocenters. The van der Waals surface area contributed by atoms with E-state index in [1.54, 1.807) is 55.5 Å². The molecular weight excluding hydrogens is 508 g/mol. The van der Waals surface area contributed by atoms with E-state index in [9.17, 15) is 19.5 Å². The Morgan fingerprint density at radius 1 is 1.03 bits per heavy atom. The molecule has 198 valence electrons. The van der Waals surface area contributed by atoms with Gasteiger partial charge in [0, 0.05) is 5.56 Å². The summed E-state index contributed by atoms with van der Waals surface area (Å²) in [4.78, 5) is 44.8. The van der Waals surface area contributed by atoms with Gasteiger partial charge in [0.2, 0.25) is 0 Å². The molecule has 3 aromatic rings. The molecule has 1 amide bonds. The Morgan fingerprint density at radius 2 is 1.66 bits per heavy atom. The Hall–Kier alpha value is -4.18. The van der Waals surface area contributed by atoms with Gasteiger partial charge in [0.05, 0.1) is 37.6 Å². The van der Waals surface area contributed by atoms with Crippen LogP contribution >= 0.6 is 11.3 Å². The van der Waals surface area contributed by atoms with E-state index in [4.69, 9.17) is 14.2 Å². The minimum Gasteiger partial charge on any atom is -0.507 e. The monoisotopic (exact) mass is 536 g/mol. The molecule has 1 saturated heterocycles. The zero-order valence-electron chi connectivity index (χ0n) is 21.5. The summed E-state index contributed by atoms with van der Waals surface area (Å²) >= 11 is 0.947. The quantitative estimate of drug-likeness (QED) is 0.175. The van der Waals surface area contributed by atoms with Crippen LogP contribution in [-0.2, 0) is 14.3 Å². The van der Waals surface area contributed by atoms with Crippen molar-refractivity contribution in [2.45, 2.75) is 33.2 Å². The molecule has 0 bridgehead atoms. The van der Waals surface area contributed by atoms with Crippen molar-refractivity contribution in [2.24, 2.45) is 0 Å². The molecule has 1 aliphatic heterocycles. The number of ketones is 1. The molecule has 0 saturated carbocycles. The highest BCUT2D eigenvalue weighted by Crippen LogP contribution is 2.44. The number of ether oxygens (including phenoxy) is 3. The Morgan fingerprint density at radius 3 is 2.26 bits per heavy atom. The van der Waals surface area contributed by atoms with Crippen molar-refractivity contribution >= 4 is 39.9 Å². The van der Waals surface area contributed by atoms with Crippen LogP contribution < -0.4 is 14.4 Å². The molecule has 1 fully saturated rings. The van der Waals surface area contributed by atoms with Gasteiger partial charge < -0.3 is 19.3 Å². The molecule has 1 atom stereocenters. The molecule has 2 heterocycles. The smallest absolute Gasteiger partial charge is 0.350 e. The molecule has 2 aromatic carbocycles. The third kappa shape index (κ3) is 5.12. The minimum atomic E-state index is -0.988. The van der Waals surface area contributed by atoms with Gasteiger partial charge in [0.15, 0.2) is 5.13 Å². The third-order valence-electron chi connectivity index (χ3n) is 5.91. The van der Waals surface area contributed by atoms with Crippen molar-refractivity contribution in [2.75, 3.05) is 25.2 Å². The van der Waals surface area contributed by atoms with E-state index >= 15 is 0 Å². The number of esters is 1. The summed E-state index contributed by atoms with van der Waals surface area (Å²) in [7, 11) is 1.26. The van der Waals surface area contributed by atoms with Crippen molar-refractivity contribution in [3.8, 4) is 11.5 Å². The number of hydrogen-bond acceptors (Lipinski definition) is 9. The first-order chi connectivity index (χ1) is 18.3. The van der Waals surface area contributed by atoms with E-state index in [1.807, 2.05) is 13.8 Å². The highest BCUT2D eigenvalue weighted by atomic mass is 32.1. The van der Waals surface area contributed by atoms with Crippen molar-refractivity contribution in [3.63, 3.8) is 0 Å². The van der Waals surface area contributed by atoms with E-state index in [-0.39, 0.29) is 21.3 Å². The number of anilines is 1. The predicted molar refractivity (Wildman–Crippen MR) is 143 cm³/mol. The molecule has 1 aromatic heterocycles. The number of aryl methyl sites for hydroxylation is 1. The average molecular weight is 537 g/mol. The first-order valence-corrected chi connectivity index (χ1v) is 12.9. The zero-order chi connectivity index (χ0) is 27.4. The number of aromatic nitrogens is 1. The molecular formula is C28H28N2O7S. The minimum absolute atomic E-state index is 0.0890. The number of Topliss-reactive ketones (excluding diaryl/α,β-unsaturated/α-hetero) is 1. The van der Waals surface area contributed by atoms with Crippen LogP contribution in [0.15, 0.2) is 54.1 Å². The lowest BCUT2D eigenvalue weighted by Crippen LogP contribution is -2.29. The number of amides is 1. The Balaban J connectivity index is 1.85. The number of methoxy groups -OCH3 is 1. The fourth-order valence-corrected chi connectivity index (χ4v) is 5.12. The van der Waals surface area contributed by atoms with Crippen LogP contribution in [0.25, 0.3) is 5.76 Å². The van der Waals surface area contributed by atoms with Crippen LogP contribution in [0.4, 0.5) is 5.13 Å². The number of benzene rings is 2. The van der Waals surface area contributed by atoms with Gasteiger partial charge in [-0.05, 0) is 62.2 Å². The molecule has 1 aliphatic rings. The Kier molecular flexibility index (Phi) is 8.11. The summed E-state index contributed by atoms with van der Waals surface area (Å²) in [5.41, 5.74) is 1.19. The van der Waals surface area contributed by atoms with Crippen LogP contribution in [0.3, 0.4) is 0 Å². The second-order valence-electron chi connectivity index (χ2n) is 8.45. The summed E-state index contributed by atoms with van der Waals surface area (Å²) in [6.45, 7) is 6.51. The van der Waals surface area contributed by atoms with Gasteiger partial charge in [-0.1, -0.05) is 30.4 Å². The van der Waals surface area contributed by atoms with Crippen molar-refractivity contribution < 1.29 is 33.7 Å². The number of hydrogen-bond donors (Lipinski definition) is 1. The van der Waals surface area contributed by atoms with Gasteiger partial charge in [0.1, 0.15) is 22.1 Å². The number of carbonyl (C=O) groups is 3. The Labute approximate surface area is 224 Å². The summed E-state index contributed by atoms with van der Waals surface area (Å²) in [6, 6.07) is 12.6. The van der Waals surface area contributed by atoms with Gasteiger partial charge in [0.25, 0.3) is 5.78 Å². The maximum atomic E-state index is 13.4. The van der Waals surface area contributed by atoms with Crippen molar-refractivity contribution in [1.29, 1.82) is 0 Å². The molecule has 9 nitrogen and oxygen atoms in total. The molecule has 1 N–H and O–H groups in total. The van der Waals surface area contributed by atoms with Crippen LogP contribution in [-0.4, -0.2) is 48.1 Å². The first-order valence-electron chi connectivity index (χ1n) is 12.1. The van der Waals surface area contributed by atoms with E-state index in [2.05, 4.69) is 4.98 Å². The largest absolute Gasteiger partial charge is 0.507 e. The number of aliphatic hydroxyl groups is 1. The molecule has 38 heavy (non-hydrogen) atoms. The standard InChI is InChI=1S/C28H28N2O7S/c1-5-15-37-20-11-7-17(8-12-20)22-21(23(31)18-9-13-19(14-10-18)36-6-2)24(32)26(33)30(22)28-29-16(3)25(38-28)27(34)35-4/h7-14,22,31H,5-6,15H2,1-4H3/b23-21-. The summed E-state index contributed by atoms with van der Waals surface area (Å²) < 4.78 is 16.0. The van der Waals surface area contributed by atoms with Crippen LogP contribution in [0, 0.1) is 6.92 Å². The van der Waals surface area contributed by atoms with Crippen LogP contribution in [0.1, 0.15) is 52.8 Å². The fraction of sp³-hybridized carbons (Fsp3) is 0.286. The number of thiazole rings is 1. The van der Waals surface area contributed by atoms with E-state index in [1.165, 1.54) is 12.0 Å². The van der Waals surface area contributed by atoms with Crippen molar-refractivity contribution in [3.05, 3.63) is 75.8 Å². The Bertz CT molecular complexity index is 1380. The van der Waals surface area contributed by atoms with Crippen molar-refractivity contribution in [1.82, 2.24) is 4.98 Å². The first kappa shape index (κ1) is 26.9. The number of carbonyl (C=O) groups excluding carboxylic acids is 3. The highest BCUT2D eigenvalue weighted by Gasteiger charge is 2.48. The number of nitrogens with zero attached hydrogens (tertiary/aromatic N) is 2. The molecule has 0 spiro atoms. The summed E-state index contributed by atoms with van der Waals surface area (Å²) in [5.74, 6) is -1.40. The second-order valence-corrected chi connectivity index (χ2v) is 9.42. The topological polar surface area (TPSA) is 115 Å². The third-order valence-corrected chi connectivity index (χ3v) is 7.05. The number of rotatable bonds is 9. The van der Waals surface area contributed by atoms with Gasteiger partial charge in [-0.3, -0.25) is 14.5 Å². The second kappa shape index (κ2) is 11.5. The predicted octanol–water partition coefficient (Wildman–Crippen LogP) is 5.05. The lowest BCUT2D eigenvalue weighted by Gasteiger charge is -2.23. The lowest BCUT2D eigenvalue weighted by molar-refractivity contribution is -0.132. The SMILES string of the molecule is CCCOc1ccc(C2/C(=C(/O)c3ccc(OCC)cc3)C(=O)C(=O)N2c2nc(C)c(C(=O)OC)s2)cc1. The molecule has 0 radical (unpaired) electrons. The zero-order valence-corrected chi connectivity index (χ0v) is 22.3. The van der Waals surface area contributed by atoms with E-state index in [0.717, 1.165) is 17.8 Å². The molecule has 10 heteroatoms. The van der Waals surface area contributed by atoms with Crippen LogP contribution in [0.5, 0.6) is 11.5 Å². The molecule has 0 aliphatic carbocycles. The maximum absolute atomic E-state index is 13.4. The van der Waals surface area contributed by atoms with E-state index in [0.29, 0.717) is 41.5 Å². The van der Waals surface area contributed by atoms with Gasteiger partial charge in [-0.2, -0.15) is 0 Å². The van der Waals surface area contributed by atoms with Crippen LogP contribution in [0.2, 0.25) is 0 Å². The fourth-order valence-electron chi connectivity index (χ4n) is 4.11. The summed E-state index contributed by atoms with van der Waals surface area (Å²) in [5, 5.41) is 11.5. The number of aliphatic hydroxyl groups excluding tert-OH is 1. The highest BCUT2D eigenvalue weighted by molar-refractivity contribution is 7.17. The van der Waals surface area contributed by atoms with Gasteiger partial charge in [-0.15, -0.1) is 0 Å². The van der Waals surface area contributed by atoms with E-state index < -0.39 is 23.7 Å². The average Bonchev–Trinajstić information content (AvgIpc) is 3.44. The lowest BCUT2D eigenvalue weighted by atomic mass is 9.95. The maximum Gasteiger partial charge on any atom is 0.350 e.